The first-order valence-corrected chi connectivity index (χ1v) is 10.3. The number of nitrogens with one attached hydrogen (secondary N) is 2. The van der Waals surface area contributed by atoms with Crippen LogP contribution in [0.15, 0.2) is 64.5 Å². The number of hydrogen-bond donors (Lipinski definition) is 2. The Morgan fingerprint density at radius 2 is 1.84 bits per heavy atom. The molecule has 0 atom stereocenters. The summed E-state index contributed by atoms with van der Waals surface area (Å²) in [6.07, 6.45) is 5.48. The summed E-state index contributed by atoms with van der Waals surface area (Å²) < 4.78 is 5.77. The number of aromatic amines is 1. The Labute approximate surface area is 180 Å². The molecule has 160 valence electrons. The molecule has 31 heavy (non-hydrogen) atoms. The summed E-state index contributed by atoms with van der Waals surface area (Å²) in [4.78, 5) is 27.3. The van der Waals surface area contributed by atoms with Gasteiger partial charge in [-0.05, 0) is 18.6 Å². The largest absolute Gasteiger partial charge is 0.493 e. The molecule has 0 radical (unpaired) electrons. The Bertz CT molecular complexity index is 1080. The molecular formula is C23H25N5O3. The number of nitrogens with zero attached hydrogens (tertiary/aromatic N) is 3. The molecule has 3 aromatic rings. The molecule has 0 aliphatic rings. The van der Waals surface area contributed by atoms with Gasteiger partial charge in [-0.1, -0.05) is 68.7 Å². The highest BCUT2D eigenvalue weighted by Crippen LogP contribution is 2.18. The van der Waals surface area contributed by atoms with E-state index in [2.05, 4.69) is 32.6 Å². The fraction of sp³-hybridized carbons (Fsp3) is 0.261. The quantitative estimate of drug-likeness (QED) is 0.210. The molecule has 0 bridgehead atoms. The van der Waals surface area contributed by atoms with Crippen LogP contribution in [-0.4, -0.2) is 33.8 Å². The highest BCUT2D eigenvalue weighted by Gasteiger charge is 2.10. The maximum absolute atomic E-state index is 12.5. The van der Waals surface area contributed by atoms with Gasteiger partial charge in [0.1, 0.15) is 5.75 Å². The summed E-state index contributed by atoms with van der Waals surface area (Å²) in [6, 6.07) is 16.1. The molecule has 1 heterocycles. The Kier molecular flexibility index (Phi) is 8.05. The normalized spacial score (nSPS) is 10.9. The van der Waals surface area contributed by atoms with Gasteiger partial charge in [0.15, 0.2) is 5.69 Å². The second-order valence-corrected chi connectivity index (χ2v) is 6.86. The first-order chi connectivity index (χ1) is 15.2. The predicted molar refractivity (Wildman–Crippen MR) is 121 cm³/mol. The zero-order valence-electron chi connectivity index (χ0n) is 17.4. The smallest absolute Gasteiger partial charge is 0.279 e. The first kappa shape index (κ1) is 21.9. The predicted octanol–water partition coefficient (Wildman–Crippen LogP) is 4.07. The van der Waals surface area contributed by atoms with Gasteiger partial charge in [-0.2, -0.15) is 5.10 Å². The Morgan fingerprint density at radius 1 is 1.06 bits per heavy atom. The van der Waals surface area contributed by atoms with Gasteiger partial charge in [0, 0.05) is 5.56 Å². The molecule has 0 saturated heterocycles. The third kappa shape index (κ3) is 6.33. The van der Waals surface area contributed by atoms with Crippen molar-refractivity contribution < 1.29 is 9.53 Å². The third-order valence-electron chi connectivity index (χ3n) is 4.50. The second kappa shape index (κ2) is 11.4. The van der Waals surface area contributed by atoms with E-state index >= 15 is 0 Å². The van der Waals surface area contributed by atoms with Gasteiger partial charge in [-0.3, -0.25) is 14.6 Å². The fourth-order valence-corrected chi connectivity index (χ4v) is 2.90. The van der Waals surface area contributed by atoms with E-state index < -0.39 is 5.56 Å². The summed E-state index contributed by atoms with van der Waals surface area (Å²) in [6.45, 7) is 2.71. The van der Waals surface area contributed by atoms with Gasteiger partial charge >= 0.3 is 0 Å². The van der Waals surface area contributed by atoms with Gasteiger partial charge in [-0.15, -0.1) is 10.2 Å². The summed E-state index contributed by atoms with van der Waals surface area (Å²) in [7, 11) is 0. The maximum Gasteiger partial charge on any atom is 0.279 e. The molecule has 0 unspecified atom stereocenters. The molecular weight excluding hydrogens is 394 g/mol. The van der Waals surface area contributed by atoms with Crippen molar-refractivity contribution in [3.8, 4) is 17.0 Å². The van der Waals surface area contributed by atoms with Crippen LogP contribution < -0.4 is 15.7 Å². The summed E-state index contributed by atoms with van der Waals surface area (Å²) >= 11 is 0. The van der Waals surface area contributed by atoms with E-state index in [-0.39, 0.29) is 17.4 Å². The number of H-pyrrole nitrogens is 1. The molecule has 0 spiro atoms. The lowest BCUT2D eigenvalue weighted by molar-refractivity contribution is 0.106. The standard InChI is InChI=1S/C23H25N5O3/c1-2-3-4-10-15-31-20-14-9-8-13-18(20)19(29)16-24-27-23-25-22(30)21(26-28-23)17-11-6-5-7-12-17/h5-9,11-14,16H,2-4,10,15H2,1H3,(H2,25,27,28,30)/b24-16+. The molecule has 1 aromatic heterocycles. The van der Waals surface area contributed by atoms with Gasteiger partial charge in [0.05, 0.1) is 18.4 Å². The van der Waals surface area contributed by atoms with Crippen LogP contribution in [0, 0.1) is 0 Å². The Morgan fingerprint density at radius 3 is 2.61 bits per heavy atom. The number of anilines is 1. The minimum absolute atomic E-state index is 0.0363. The number of para-hydroxylation sites is 1. The number of carbonyl (C=O) groups is 1. The molecule has 8 heteroatoms. The molecule has 0 aliphatic heterocycles. The number of Topliss-reactive ketones (excluding diaryl/α,β-unsaturated/α-hetero) is 1. The molecule has 0 aliphatic carbocycles. The molecule has 0 fully saturated rings. The van der Waals surface area contributed by atoms with Crippen LogP contribution in [0.4, 0.5) is 5.95 Å². The van der Waals surface area contributed by atoms with Gasteiger partial charge < -0.3 is 4.74 Å². The minimum Gasteiger partial charge on any atom is -0.493 e. The van der Waals surface area contributed by atoms with Crippen molar-refractivity contribution in [3.63, 3.8) is 0 Å². The van der Waals surface area contributed by atoms with Crippen LogP contribution in [0.3, 0.4) is 0 Å². The van der Waals surface area contributed by atoms with Crippen molar-refractivity contribution in [1.82, 2.24) is 15.2 Å². The van der Waals surface area contributed by atoms with Gasteiger partial charge in [0.2, 0.25) is 11.7 Å². The monoisotopic (exact) mass is 419 g/mol. The Balaban J connectivity index is 1.61. The first-order valence-electron chi connectivity index (χ1n) is 10.3. The zero-order chi connectivity index (χ0) is 21.9. The van der Waals surface area contributed by atoms with Crippen LogP contribution in [-0.2, 0) is 0 Å². The molecule has 3 rings (SSSR count). The number of benzene rings is 2. The second-order valence-electron chi connectivity index (χ2n) is 6.86. The van der Waals surface area contributed by atoms with Crippen molar-refractivity contribution in [3.05, 3.63) is 70.5 Å². The number of ketones is 1. The van der Waals surface area contributed by atoms with Crippen LogP contribution >= 0.6 is 0 Å². The van der Waals surface area contributed by atoms with E-state index in [0.29, 0.717) is 23.5 Å². The lowest BCUT2D eigenvalue weighted by Crippen LogP contribution is -2.15. The highest BCUT2D eigenvalue weighted by molar-refractivity contribution is 6.36. The number of ether oxygens (including phenoxy) is 1. The van der Waals surface area contributed by atoms with E-state index in [1.807, 2.05) is 24.3 Å². The molecule has 0 amide bonds. The van der Waals surface area contributed by atoms with Crippen LogP contribution in [0.1, 0.15) is 43.0 Å². The minimum atomic E-state index is -0.410. The summed E-state index contributed by atoms with van der Waals surface area (Å²) in [5.41, 5.74) is 3.40. The number of unbranched alkanes of at least 4 members (excludes halogenated alkanes) is 3. The Hall–Kier alpha value is -3.81. The van der Waals surface area contributed by atoms with Gasteiger partial charge in [-0.25, -0.2) is 5.43 Å². The zero-order valence-corrected chi connectivity index (χ0v) is 17.4. The third-order valence-corrected chi connectivity index (χ3v) is 4.50. The molecule has 8 nitrogen and oxygen atoms in total. The number of hydrogen-bond acceptors (Lipinski definition) is 7. The average molecular weight is 419 g/mol. The number of hydrazone groups is 1. The van der Waals surface area contributed by atoms with E-state index in [0.717, 1.165) is 25.5 Å². The SMILES string of the molecule is CCCCCCOc1ccccc1C(=O)/C=N/Nc1nnc(-c2ccccc2)c(=O)[nH]1. The maximum atomic E-state index is 12.5. The number of carbonyl (C=O) groups excluding carboxylic acids is 1. The highest BCUT2D eigenvalue weighted by atomic mass is 16.5. The van der Waals surface area contributed by atoms with Crippen LogP contribution in [0.5, 0.6) is 5.75 Å². The molecule has 2 aromatic carbocycles. The summed E-state index contributed by atoms with van der Waals surface area (Å²) in [5, 5.41) is 11.7. The van der Waals surface area contributed by atoms with Crippen LogP contribution in [0.25, 0.3) is 11.3 Å². The van der Waals surface area contributed by atoms with E-state index in [9.17, 15) is 9.59 Å². The topological polar surface area (TPSA) is 109 Å². The number of rotatable bonds is 11. The fourth-order valence-electron chi connectivity index (χ4n) is 2.90. The van der Waals surface area contributed by atoms with E-state index in [1.165, 1.54) is 6.42 Å². The van der Waals surface area contributed by atoms with Gasteiger partial charge in [0.25, 0.3) is 5.56 Å². The lowest BCUT2D eigenvalue weighted by Gasteiger charge is -2.09. The van der Waals surface area contributed by atoms with Crippen molar-refractivity contribution in [1.29, 1.82) is 0 Å². The molecule has 0 saturated carbocycles. The number of aromatic nitrogens is 3. The van der Waals surface area contributed by atoms with E-state index in [1.54, 1.807) is 30.3 Å². The van der Waals surface area contributed by atoms with Crippen molar-refractivity contribution in [2.45, 2.75) is 32.6 Å². The van der Waals surface area contributed by atoms with E-state index in [4.69, 9.17) is 4.74 Å². The van der Waals surface area contributed by atoms with Crippen LogP contribution in [0.2, 0.25) is 0 Å². The van der Waals surface area contributed by atoms with Crippen molar-refractivity contribution in [2.24, 2.45) is 5.10 Å². The lowest BCUT2D eigenvalue weighted by atomic mass is 10.1. The van der Waals surface area contributed by atoms with Crippen molar-refractivity contribution >= 4 is 17.9 Å². The average Bonchev–Trinajstić information content (AvgIpc) is 2.80. The molecule has 2 N–H and O–H groups in total. The van der Waals surface area contributed by atoms with Crippen molar-refractivity contribution in [2.75, 3.05) is 12.0 Å². The summed E-state index contributed by atoms with van der Waals surface area (Å²) in [5.74, 6) is 0.234.